The number of carbonyl (C=O) groups excluding carboxylic acids is 2. The number of benzene rings is 3. The Hall–Kier alpha value is -4.05. The van der Waals surface area contributed by atoms with E-state index < -0.39 is 28.5 Å². The highest BCUT2D eigenvalue weighted by Gasteiger charge is 2.33. The molecular formula is C32H41N3O6S. The molecule has 3 aromatic carbocycles. The molecule has 1 N–H and O–H groups in total. The molecule has 226 valence electrons. The minimum atomic E-state index is -4.18. The number of sulfonamides is 1. The average molecular weight is 596 g/mol. The molecule has 0 radical (unpaired) electrons. The van der Waals surface area contributed by atoms with Gasteiger partial charge in [-0.2, -0.15) is 0 Å². The van der Waals surface area contributed by atoms with Crippen molar-refractivity contribution in [3.63, 3.8) is 0 Å². The van der Waals surface area contributed by atoms with Gasteiger partial charge in [-0.3, -0.25) is 13.9 Å². The zero-order chi connectivity index (χ0) is 30.7. The van der Waals surface area contributed by atoms with Crippen LogP contribution in [0.1, 0.15) is 32.8 Å². The number of anilines is 1. The largest absolute Gasteiger partial charge is 0.493 e. The van der Waals surface area contributed by atoms with Crippen LogP contribution in [-0.2, 0) is 26.0 Å². The molecule has 0 aliphatic rings. The average Bonchev–Trinajstić information content (AvgIpc) is 3.01. The number of hydrogen-bond donors (Lipinski definition) is 1. The monoisotopic (exact) mass is 595 g/mol. The van der Waals surface area contributed by atoms with Gasteiger partial charge < -0.3 is 19.7 Å². The van der Waals surface area contributed by atoms with Crippen LogP contribution in [0.5, 0.6) is 11.5 Å². The summed E-state index contributed by atoms with van der Waals surface area (Å²) in [6.45, 7) is 6.02. The first-order valence-electron chi connectivity index (χ1n) is 14.0. The van der Waals surface area contributed by atoms with Crippen LogP contribution in [0.3, 0.4) is 0 Å². The molecule has 0 aliphatic carbocycles. The number of ether oxygens (including phenoxy) is 2. The molecule has 0 saturated heterocycles. The number of amides is 2. The van der Waals surface area contributed by atoms with Gasteiger partial charge in [-0.25, -0.2) is 8.42 Å². The molecule has 0 aliphatic heterocycles. The second-order valence-electron chi connectivity index (χ2n) is 10.2. The predicted octanol–water partition coefficient (Wildman–Crippen LogP) is 4.52. The second-order valence-corrected chi connectivity index (χ2v) is 12.1. The van der Waals surface area contributed by atoms with Gasteiger partial charge in [-0.1, -0.05) is 69.3 Å². The Morgan fingerprint density at radius 2 is 1.50 bits per heavy atom. The Bertz CT molecular complexity index is 1410. The Morgan fingerprint density at radius 1 is 0.881 bits per heavy atom. The van der Waals surface area contributed by atoms with Crippen molar-refractivity contribution in [1.82, 2.24) is 10.2 Å². The molecule has 3 aromatic rings. The summed E-state index contributed by atoms with van der Waals surface area (Å²) in [5.41, 5.74) is 1.23. The van der Waals surface area contributed by atoms with Gasteiger partial charge in [0.15, 0.2) is 11.5 Å². The maximum absolute atomic E-state index is 14.1. The van der Waals surface area contributed by atoms with Gasteiger partial charge in [-0.05, 0) is 48.6 Å². The van der Waals surface area contributed by atoms with Crippen LogP contribution < -0.4 is 19.1 Å². The molecule has 0 fully saturated rings. The third kappa shape index (κ3) is 8.25. The summed E-state index contributed by atoms with van der Waals surface area (Å²) >= 11 is 0. The minimum Gasteiger partial charge on any atom is -0.493 e. The summed E-state index contributed by atoms with van der Waals surface area (Å²) in [7, 11) is -1.24. The van der Waals surface area contributed by atoms with Crippen LogP contribution in [0.25, 0.3) is 0 Å². The summed E-state index contributed by atoms with van der Waals surface area (Å²) in [6.07, 6.45) is 0.870. The Labute approximate surface area is 249 Å². The number of methoxy groups -OCH3 is 2. The molecule has 9 nitrogen and oxygen atoms in total. The van der Waals surface area contributed by atoms with E-state index in [1.54, 1.807) is 30.3 Å². The summed E-state index contributed by atoms with van der Waals surface area (Å²) in [5.74, 6) is 0.206. The molecule has 0 bridgehead atoms. The molecule has 0 heterocycles. The third-order valence-corrected chi connectivity index (χ3v) is 8.61. The molecule has 0 unspecified atom stereocenters. The van der Waals surface area contributed by atoms with Crippen molar-refractivity contribution in [2.75, 3.05) is 38.2 Å². The van der Waals surface area contributed by atoms with Crippen molar-refractivity contribution < 1.29 is 27.5 Å². The molecule has 2 amide bonds. The summed E-state index contributed by atoms with van der Waals surface area (Å²) in [4.78, 5) is 29.0. The van der Waals surface area contributed by atoms with Gasteiger partial charge in [0, 0.05) is 19.2 Å². The minimum absolute atomic E-state index is 0.0325. The second kappa shape index (κ2) is 15.3. The zero-order valence-corrected chi connectivity index (χ0v) is 25.8. The van der Waals surface area contributed by atoms with Gasteiger partial charge in [0.2, 0.25) is 11.8 Å². The van der Waals surface area contributed by atoms with Crippen LogP contribution in [-0.4, -0.2) is 65.0 Å². The fourth-order valence-corrected chi connectivity index (χ4v) is 5.97. The van der Waals surface area contributed by atoms with Crippen molar-refractivity contribution in [2.24, 2.45) is 5.92 Å². The standard InChI is InChI=1S/C32H41N3O6S/c1-6-28(32(37)33-22-24(2)3)34(20-19-25-13-9-7-10-14-25)31(36)23-35(42(38,39)27-15-11-8-12-16-27)26-17-18-29(40-4)30(21-26)41-5/h7-18,21,24,28H,6,19-20,22-23H2,1-5H3,(H,33,37)/t28-/m0/s1. The first kappa shape index (κ1) is 32.5. The van der Waals surface area contributed by atoms with E-state index in [4.69, 9.17) is 9.47 Å². The maximum Gasteiger partial charge on any atom is 0.264 e. The van der Waals surface area contributed by atoms with Gasteiger partial charge in [-0.15, -0.1) is 0 Å². The quantitative estimate of drug-likeness (QED) is 0.277. The number of nitrogens with zero attached hydrogens (tertiary/aromatic N) is 2. The van der Waals surface area contributed by atoms with E-state index in [2.05, 4.69) is 5.32 Å². The number of hydrogen-bond acceptors (Lipinski definition) is 6. The molecular weight excluding hydrogens is 554 g/mol. The van der Waals surface area contributed by atoms with E-state index in [9.17, 15) is 18.0 Å². The molecule has 3 rings (SSSR count). The van der Waals surface area contributed by atoms with Crippen molar-refractivity contribution in [3.8, 4) is 11.5 Å². The Balaban J connectivity index is 2.04. The van der Waals surface area contributed by atoms with Crippen LogP contribution in [0, 0.1) is 5.92 Å². The van der Waals surface area contributed by atoms with Gasteiger partial charge in [0.05, 0.1) is 24.8 Å². The first-order valence-corrected chi connectivity index (χ1v) is 15.5. The summed E-state index contributed by atoms with van der Waals surface area (Å²) in [5, 5.41) is 2.94. The van der Waals surface area contributed by atoms with Crippen molar-refractivity contribution in [2.45, 2.75) is 44.6 Å². The van der Waals surface area contributed by atoms with Gasteiger partial charge >= 0.3 is 0 Å². The number of nitrogens with one attached hydrogen (secondary N) is 1. The van der Waals surface area contributed by atoms with Crippen molar-refractivity contribution in [3.05, 3.63) is 84.4 Å². The van der Waals surface area contributed by atoms with Gasteiger partial charge in [0.1, 0.15) is 12.6 Å². The van der Waals surface area contributed by atoms with E-state index in [1.807, 2.05) is 51.1 Å². The fraction of sp³-hybridized carbons (Fsp3) is 0.375. The lowest BCUT2D eigenvalue weighted by Crippen LogP contribution is -2.53. The van der Waals surface area contributed by atoms with Crippen LogP contribution in [0.15, 0.2) is 83.8 Å². The Morgan fingerprint density at radius 3 is 2.07 bits per heavy atom. The molecule has 10 heteroatoms. The van der Waals surface area contributed by atoms with Crippen molar-refractivity contribution in [1.29, 1.82) is 0 Å². The highest BCUT2D eigenvalue weighted by molar-refractivity contribution is 7.92. The van der Waals surface area contributed by atoms with E-state index in [1.165, 1.54) is 37.3 Å². The smallest absolute Gasteiger partial charge is 0.264 e. The predicted molar refractivity (Wildman–Crippen MR) is 164 cm³/mol. The highest BCUT2D eigenvalue weighted by Crippen LogP contribution is 2.34. The van der Waals surface area contributed by atoms with E-state index >= 15 is 0 Å². The lowest BCUT2D eigenvalue weighted by atomic mass is 10.1. The summed E-state index contributed by atoms with van der Waals surface area (Å²) in [6, 6.07) is 21.5. The highest BCUT2D eigenvalue weighted by atomic mass is 32.2. The molecule has 0 aromatic heterocycles. The van der Waals surface area contributed by atoms with Crippen LogP contribution in [0.4, 0.5) is 5.69 Å². The first-order chi connectivity index (χ1) is 20.1. The molecule has 0 saturated carbocycles. The zero-order valence-electron chi connectivity index (χ0n) is 24.9. The van der Waals surface area contributed by atoms with Crippen LogP contribution >= 0.6 is 0 Å². The topological polar surface area (TPSA) is 105 Å². The number of rotatable bonds is 15. The third-order valence-electron chi connectivity index (χ3n) is 6.82. The molecule has 1 atom stereocenters. The maximum atomic E-state index is 14.1. The number of carbonyl (C=O) groups is 2. The normalized spacial score (nSPS) is 12.0. The molecule has 42 heavy (non-hydrogen) atoms. The lowest BCUT2D eigenvalue weighted by Gasteiger charge is -2.33. The van der Waals surface area contributed by atoms with E-state index in [0.29, 0.717) is 30.9 Å². The van der Waals surface area contributed by atoms with E-state index in [-0.39, 0.29) is 29.0 Å². The SMILES string of the molecule is CC[C@@H](C(=O)NCC(C)C)N(CCc1ccccc1)C(=O)CN(c1ccc(OC)c(OC)c1)S(=O)(=O)c1ccccc1. The summed E-state index contributed by atoms with van der Waals surface area (Å²) < 4.78 is 39.8. The molecule has 0 spiro atoms. The Kier molecular flexibility index (Phi) is 11.8. The lowest BCUT2D eigenvalue weighted by molar-refractivity contribution is -0.139. The van der Waals surface area contributed by atoms with E-state index in [0.717, 1.165) is 9.87 Å². The van der Waals surface area contributed by atoms with Gasteiger partial charge in [0.25, 0.3) is 10.0 Å². The van der Waals surface area contributed by atoms with Crippen molar-refractivity contribution >= 4 is 27.5 Å². The fourth-order valence-electron chi connectivity index (χ4n) is 4.55. The van der Waals surface area contributed by atoms with Crippen LogP contribution in [0.2, 0.25) is 0 Å².